The number of phenolic OH excluding ortho intramolecular Hbond substituents is 1. The Bertz CT molecular complexity index is 673. The molecule has 2 atom stereocenters. The highest BCUT2D eigenvalue weighted by molar-refractivity contribution is 5.91. The van der Waals surface area contributed by atoms with E-state index >= 15 is 0 Å². The summed E-state index contributed by atoms with van der Waals surface area (Å²) in [4.78, 5) is 46.7. The van der Waals surface area contributed by atoms with Gasteiger partial charge in [-0.05, 0) is 38.0 Å². The van der Waals surface area contributed by atoms with Crippen molar-refractivity contribution in [3.05, 3.63) is 29.8 Å². The molecule has 4 N–H and O–H groups in total. The summed E-state index contributed by atoms with van der Waals surface area (Å²) < 4.78 is 4.74. The van der Waals surface area contributed by atoms with Crippen LogP contribution in [0.25, 0.3) is 0 Å². The fourth-order valence-corrected chi connectivity index (χ4v) is 2.21. The molecule has 0 saturated heterocycles. The lowest BCUT2D eigenvalue weighted by molar-refractivity contribution is -0.151. The predicted octanol–water partition coefficient (Wildman–Crippen LogP) is 0.352. The highest BCUT2D eigenvalue weighted by atomic mass is 16.5. The molecule has 9 nitrogen and oxygen atoms in total. The lowest BCUT2D eigenvalue weighted by Gasteiger charge is -2.19. The molecule has 0 bridgehead atoms. The second-order valence-electron chi connectivity index (χ2n) is 5.87. The zero-order valence-corrected chi connectivity index (χ0v) is 15.2. The van der Waals surface area contributed by atoms with E-state index in [0.29, 0.717) is 6.42 Å². The Balaban J connectivity index is 2.52. The van der Waals surface area contributed by atoms with Crippen molar-refractivity contribution >= 4 is 23.8 Å². The number of hydrogen-bond acceptors (Lipinski definition) is 6. The average Bonchev–Trinajstić information content (AvgIpc) is 2.60. The smallest absolute Gasteiger partial charge is 0.329 e. The minimum Gasteiger partial charge on any atom is -0.508 e. The van der Waals surface area contributed by atoms with Crippen LogP contribution in [0.4, 0.5) is 0 Å². The first-order valence-electron chi connectivity index (χ1n) is 8.49. The number of phenols is 1. The average molecular weight is 380 g/mol. The molecule has 1 aromatic carbocycles. The van der Waals surface area contributed by atoms with Gasteiger partial charge in [-0.1, -0.05) is 12.1 Å². The number of aliphatic carboxylic acids is 1. The van der Waals surface area contributed by atoms with Gasteiger partial charge in [0.2, 0.25) is 11.8 Å². The maximum atomic E-state index is 12.1. The van der Waals surface area contributed by atoms with Gasteiger partial charge in [0.25, 0.3) is 0 Å². The number of esters is 1. The molecule has 148 valence electrons. The van der Waals surface area contributed by atoms with Gasteiger partial charge in [0.05, 0.1) is 13.0 Å². The minimum atomic E-state index is -1.33. The number of nitrogens with one attached hydrogen (secondary N) is 2. The summed E-state index contributed by atoms with van der Waals surface area (Å²) in [6, 6.07) is 4.13. The van der Waals surface area contributed by atoms with Crippen LogP contribution in [-0.2, 0) is 30.3 Å². The van der Waals surface area contributed by atoms with Crippen molar-refractivity contribution in [3.63, 3.8) is 0 Å². The van der Waals surface area contributed by atoms with Crippen LogP contribution in [0.15, 0.2) is 24.3 Å². The Morgan fingerprint density at radius 2 is 1.74 bits per heavy atom. The zero-order valence-electron chi connectivity index (χ0n) is 15.2. The van der Waals surface area contributed by atoms with E-state index in [4.69, 9.17) is 9.84 Å². The molecule has 0 fully saturated rings. The molecule has 0 spiro atoms. The number of ether oxygens (including phenoxy) is 1. The maximum Gasteiger partial charge on any atom is 0.329 e. The molecular formula is C18H24N2O7. The molecule has 0 aromatic heterocycles. The molecule has 0 radical (unpaired) electrons. The van der Waals surface area contributed by atoms with Gasteiger partial charge in [-0.15, -0.1) is 0 Å². The lowest BCUT2D eigenvalue weighted by Crippen LogP contribution is -2.51. The molecule has 9 heteroatoms. The zero-order chi connectivity index (χ0) is 20.4. The molecule has 0 heterocycles. The molecule has 0 unspecified atom stereocenters. The van der Waals surface area contributed by atoms with Gasteiger partial charge >= 0.3 is 11.9 Å². The monoisotopic (exact) mass is 380 g/mol. The summed E-state index contributed by atoms with van der Waals surface area (Å²) in [6.07, 6.45) is -0.0736. The van der Waals surface area contributed by atoms with E-state index in [0.717, 1.165) is 5.56 Å². The Morgan fingerprint density at radius 3 is 2.30 bits per heavy atom. The second kappa shape index (κ2) is 10.8. The van der Waals surface area contributed by atoms with Gasteiger partial charge in [-0.2, -0.15) is 0 Å². The number of carboxylic acid groups (broad SMARTS) is 1. The normalized spacial score (nSPS) is 12.5. The Hall–Kier alpha value is -3.10. The van der Waals surface area contributed by atoms with E-state index in [-0.39, 0.29) is 24.7 Å². The van der Waals surface area contributed by atoms with Gasteiger partial charge in [-0.3, -0.25) is 14.4 Å². The van der Waals surface area contributed by atoms with Crippen LogP contribution in [0, 0.1) is 0 Å². The fraction of sp³-hybridized carbons (Fsp3) is 0.444. The van der Waals surface area contributed by atoms with Gasteiger partial charge < -0.3 is 25.6 Å². The third-order valence-electron chi connectivity index (χ3n) is 3.61. The first-order valence-corrected chi connectivity index (χ1v) is 8.49. The van der Waals surface area contributed by atoms with Gasteiger partial charge in [0, 0.05) is 6.42 Å². The summed E-state index contributed by atoms with van der Waals surface area (Å²) in [6.45, 7) is 3.04. The fourth-order valence-electron chi connectivity index (χ4n) is 2.21. The number of benzene rings is 1. The molecule has 0 aliphatic heterocycles. The van der Waals surface area contributed by atoms with E-state index in [1.54, 1.807) is 19.1 Å². The molecule has 0 saturated carbocycles. The van der Waals surface area contributed by atoms with E-state index in [1.165, 1.54) is 19.1 Å². The van der Waals surface area contributed by atoms with E-state index in [9.17, 15) is 24.3 Å². The van der Waals surface area contributed by atoms with E-state index in [2.05, 4.69) is 10.6 Å². The van der Waals surface area contributed by atoms with Gasteiger partial charge in [0.1, 0.15) is 17.8 Å². The summed E-state index contributed by atoms with van der Waals surface area (Å²) in [5, 5.41) is 22.8. The van der Waals surface area contributed by atoms with Crippen LogP contribution in [-0.4, -0.2) is 52.7 Å². The second-order valence-corrected chi connectivity index (χ2v) is 5.87. The third-order valence-corrected chi connectivity index (χ3v) is 3.61. The summed E-state index contributed by atoms with van der Waals surface area (Å²) in [5.41, 5.74) is 0.851. The van der Waals surface area contributed by atoms with Crippen LogP contribution >= 0.6 is 0 Å². The van der Waals surface area contributed by atoms with Crippen LogP contribution in [0.3, 0.4) is 0 Å². The van der Waals surface area contributed by atoms with Crippen molar-refractivity contribution in [2.45, 2.75) is 45.2 Å². The minimum absolute atomic E-state index is 0.0500. The van der Waals surface area contributed by atoms with Crippen molar-refractivity contribution in [1.29, 1.82) is 0 Å². The highest BCUT2D eigenvalue weighted by Gasteiger charge is 2.27. The lowest BCUT2D eigenvalue weighted by atomic mass is 10.1. The largest absolute Gasteiger partial charge is 0.508 e. The molecule has 1 aromatic rings. The topological polar surface area (TPSA) is 142 Å². The maximum absolute atomic E-state index is 12.1. The van der Waals surface area contributed by atoms with Crippen molar-refractivity contribution < 1.29 is 34.1 Å². The van der Waals surface area contributed by atoms with Crippen LogP contribution < -0.4 is 10.6 Å². The number of carbonyl (C=O) groups excluding carboxylic acids is 3. The van der Waals surface area contributed by atoms with Crippen molar-refractivity contribution in [2.75, 3.05) is 6.61 Å². The number of aromatic hydroxyl groups is 1. The van der Waals surface area contributed by atoms with Gasteiger partial charge in [0.15, 0.2) is 0 Å². The molecule has 27 heavy (non-hydrogen) atoms. The molecule has 1 rings (SSSR count). The Labute approximate surface area is 156 Å². The van der Waals surface area contributed by atoms with E-state index < -0.39 is 36.4 Å². The number of hydrogen-bond donors (Lipinski definition) is 4. The quantitative estimate of drug-likeness (QED) is 0.429. The molecule has 2 amide bonds. The first kappa shape index (κ1) is 21.9. The number of carbonyl (C=O) groups is 4. The Kier molecular flexibility index (Phi) is 8.77. The Morgan fingerprint density at radius 1 is 1.11 bits per heavy atom. The van der Waals surface area contributed by atoms with Gasteiger partial charge in [-0.25, -0.2) is 4.79 Å². The number of aryl methyl sites for hydroxylation is 1. The summed E-state index contributed by atoms with van der Waals surface area (Å²) >= 11 is 0. The van der Waals surface area contributed by atoms with Crippen molar-refractivity contribution in [2.24, 2.45) is 0 Å². The standard InChI is InChI=1S/C18H24N2O7/c1-3-27-18(26)14(10-16(23)24)20-17(25)11(2)19-15(22)9-6-12-4-7-13(21)8-5-12/h4-5,7-8,11,14,21H,3,6,9-10H2,1-2H3,(H,19,22)(H,20,25)(H,23,24)/t11-,14+/m1/s1. The third kappa shape index (κ3) is 8.21. The number of rotatable bonds is 10. The van der Waals surface area contributed by atoms with Crippen LogP contribution in [0.1, 0.15) is 32.3 Å². The number of amides is 2. The van der Waals surface area contributed by atoms with Crippen LogP contribution in [0.2, 0.25) is 0 Å². The first-order chi connectivity index (χ1) is 12.7. The van der Waals surface area contributed by atoms with E-state index in [1.807, 2.05) is 0 Å². The molecule has 0 aliphatic rings. The molecular weight excluding hydrogens is 356 g/mol. The predicted molar refractivity (Wildman–Crippen MR) is 94.8 cm³/mol. The van der Waals surface area contributed by atoms with Crippen molar-refractivity contribution in [1.82, 2.24) is 10.6 Å². The van der Waals surface area contributed by atoms with Crippen molar-refractivity contribution in [3.8, 4) is 5.75 Å². The molecule has 0 aliphatic carbocycles. The highest BCUT2D eigenvalue weighted by Crippen LogP contribution is 2.11. The summed E-state index contributed by atoms with van der Waals surface area (Å²) in [7, 11) is 0. The number of carboxylic acids is 1. The van der Waals surface area contributed by atoms with Crippen LogP contribution in [0.5, 0.6) is 5.75 Å². The SMILES string of the molecule is CCOC(=O)[C@H](CC(=O)O)NC(=O)[C@@H](C)NC(=O)CCc1ccc(O)cc1. The summed E-state index contributed by atoms with van der Waals surface area (Å²) in [5.74, 6) is -3.05.